The van der Waals surface area contributed by atoms with Gasteiger partial charge in [-0.25, -0.2) is 0 Å². The number of halogens is 1. The van der Waals surface area contributed by atoms with Crippen LogP contribution in [0.5, 0.6) is 0 Å². The van der Waals surface area contributed by atoms with Gasteiger partial charge in [0.25, 0.3) is 0 Å². The van der Waals surface area contributed by atoms with Crippen LogP contribution in [0.1, 0.15) is 17.2 Å². The molecule has 4 heteroatoms. The minimum absolute atomic E-state index is 0.289. The number of hydrogen-bond acceptors (Lipinski definition) is 3. The molecule has 0 fully saturated rings. The average molecular weight is 314 g/mol. The first-order chi connectivity index (χ1) is 8.45. The largest absolute Gasteiger partial charge is 0.329 e. The summed E-state index contributed by atoms with van der Waals surface area (Å²) >= 11 is 3.54. The molecule has 1 aromatic carbocycles. The Hall–Kier alpha value is -0.420. The van der Waals surface area contributed by atoms with E-state index in [1.54, 1.807) is 0 Å². The Kier molecular flexibility index (Phi) is 6.29. The van der Waals surface area contributed by atoms with E-state index in [1.807, 2.05) is 0 Å². The summed E-state index contributed by atoms with van der Waals surface area (Å²) in [6.07, 6.45) is 0. The first-order valence-electron chi connectivity index (χ1n) is 6.26. The van der Waals surface area contributed by atoms with Crippen molar-refractivity contribution in [2.45, 2.75) is 13.0 Å². The van der Waals surface area contributed by atoms with Crippen molar-refractivity contribution in [1.29, 1.82) is 0 Å². The van der Waals surface area contributed by atoms with Crippen LogP contribution < -0.4 is 5.73 Å². The minimum Gasteiger partial charge on any atom is -0.329 e. The van der Waals surface area contributed by atoms with Crippen LogP contribution >= 0.6 is 15.9 Å². The van der Waals surface area contributed by atoms with E-state index >= 15 is 0 Å². The fourth-order valence-corrected chi connectivity index (χ4v) is 2.21. The van der Waals surface area contributed by atoms with Crippen LogP contribution in [0.4, 0.5) is 0 Å². The quantitative estimate of drug-likeness (QED) is 0.874. The zero-order valence-electron chi connectivity index (χ0n) is 11.8. The van der Waals surface area contributed by atoms with Gasteiger partial charge in [0, 0.05) is 30.1 Å². The van der Waals surface area contributed by atoms with Crippen LogP contribution in [0.3, 0.4) is 0 Å². The second-order valence-corrected chi connectivity index (χ2v) is 5.90. The molecule has 1 aromatic rings. The Morgan fingerprint density at radius 3 is 2.39 bits per heavy atom. The van der Waals surface area contributed by atoms with Gasteiger partial charge in [0.05, 0.1) is 0 Å². The summed E-state index contributed by atoms with van der Waals surface area (Å²) in [6, 6.07) is 6.76. The zero-order chi connectivity index (χ0) is 13.7. The van der Waals surface area contributed by atoms with Crippen molar-refractivity contribution in [1.82, 2.24) is 9.80 Å². The topological polar surface area (TPSA) is 32.5 Å². The lowest BCUT2D eigenvalue weighted by Crippen LogP contribution is -2.35. The van der Waals surface area contributed by atoms with Crippen LogP contribution in [0, 0.1) is 6.92 Å². The van der Waals surface area contributed by atoms with Gasteiger partial charge < -0.3 is 10.6 Å². The Bertz CT molecular complexity index is 379. The SMILES string of the molecule is Cc1cc(C(CN)N(C)CCN(C)C)ccc1Br. The molecular formula is C14H24BrN3. The van der Waals surface area contributed by atoms with Gasteiger partial charge in [-0.15, -0.1) is 0 Å². The van der Waals surface area contributed by atoms with Crippen LogP contribution in [-0.2, 0) is 0 Å². The van der Waals surface area contributed by atoms with Crippen LogP contribution in [0.15, 0.2) is 22.7 Å². The molecule has 2 N–H and O–H groups in total. The summed E-state index contributed by atoms with van der Waals surface area (Å²) in [7, 11) is 6.32. The van der Waals surface area contributed by atoms with E-state index in [0.29, 0.717) is 6.54 Å². The third-order valence-corrected chi connectivity index (χ3v) is 4.11. The Labute approximate surface area is 119 Å². The molecule has 0 bridgehead atoms. The summed E-state index contributed by atoms with van der Waals surface area (Å²) in [4.78, 5) is 4.51. The molecule has 0 aliphatic heterocycles. The molecule has 1 atom stereocenters. The maximum absolute atomic E-state index is 5.93. The second-order valence-electron chi connectivity index (χ2n) is 5.04. The molecule has 0 aliphatic carbocycles. The molecule has 0 aromatic heterocycles. The van der Waals surface area contributed by atoms with E-state index in [2.05, 4.69) is 72.0 Å². The Morgan fingerprint density at radius 1 is 1.22 bits per heavy atom. The monoisotopic (exact) mass is 313 g/mol. The normalized spacial score (nSPS) is 13.3. The summed E-state index contributed by atoms with van der Waals surface area (Å²) in [5.41, 5.74) is 8.48. The Balaban J connectivity index is 2.78. The lowest BCUT2D eigenvalue weighted by molar-refractivity contribution is 0.222. The fourth-order valence-electron chi connectivity index (χ4n) is 1.96. The first kappa shape index (κ1) is 15.6. The van der Waals surface area contributed by atoms with Crippen molar-refractivity contribution in [2.75, 3.05) is 40.8 Å². The van der Waals surface area contributed by atoms with Gasteiger partial charge in [-0.05, 0) is 45.3 Å². The fraction of sp³-hybridized carbons (Fsp3) is 0.571. The maximum atomic E-state index is 5.93. The van der Waals surface area contributed by atoms with Crippen molar-refractivity contribution in [3.8, 4) is 0 Å². The molecule has 0 saturated heterocycles. The van der Waals surface area contributed by atoms with E-state index in [-0.39, 0.29) is 6.04 Å². The number of rotatable bonds is 6. The number of nitrogens with zero attached hydrogens (tertiary/aromatic N) is 2. The summed E-state index contributed by atoms with van der Waals surface area (Å²) < 4.78 is 1.15. The molecule has 0 heterocycles. The molecule has 0 saturated carbocycles. The van der Waals surface area contributed by atoms with Crippen LogP contribution in [0.2, 0.25) is 0 Å². The lowest BCUT2D eigenvalue weighted by Gasteiger charge is -2.28. The molecule has 0 aliphatic rings. The molecule has 1 rings (SSSR count). The van der Waals surface area contributed by atoms with Gasteiger partial charge in [0.15, 0.2) is 0 Å². The van der Waals surface area contributed by atoms with E-state index in [1.165, 1.54) is 11.1 Å². The number of benzene rings is 1. The molecule has 0 spiro atoms. The third-order valence-electron chi connectivity index (χ3n) is 3.22. The maximum Gasteiger partial charge on any atom is 0.0468 e. The average Bonchev–Trinajstić information content (AvgIpc) is 2.32. The zero-order valence-corrected chi connectivity index (χ0v) is 13.4. The summed E-state index contributed by atoms with van der Waals surface area (Å²) in [6.45, 7) is 4.82. The molecule has 0 amide bonds. The molecule has 1 unspecified atom stereocenters. The standard InChI is InChI=1S/C14H24BrN3/c1-11-9-12(5-6-13(11)15)14(10-16)18(4)8-7-17(2)3/h5-6,9,14H,7-8,10,16H2,1-4H3. The summed E-state index contributed by atoms with van der Waals surface area (Å²) in [5, 5.41) is 0. The van der Waals surface area contributed by atoms with Gasteiger partial charge in [-0.3, -0.25) is 4.90 Å². The van der Waals surface area contributed by atoms with E-state index in [4.69, 9.17) is 5.73 Å². The van der Waals surface area contributed by atoms with Crippen molar-refractivity contribution in [3.05, 3.63) is 33.8 Å². The van der Waals surface area contributed by atoms with Crippen molar-refractivity contribution >= 4 is 15.9 Å². The van der Waals surface area contributed by atoms with E-state index < -0.39 is 0 Å². The van der Waals surface area contributed by atoms with E-state index in [0.717, 1.165) is 17.6 Å². The lowest BCUT2D eigenvalue weighted by atomic mass is 10.0. The highest BCUT2D eigenvalue weighted by Gasteiger charge is 2.15. The molecule has 3 nitrogen and oxygen atoms in total. The predicted molar refractivity (Wildman–Crippen MR) is 81.9 cm³/mol. The van der Waals surface area contributed by atoms with Gasteiger partial charge in [0.1, 0.15) is 0 Å². The third kappa shape index (κ3) is 4.35. The molecule has 0 radical (unpaired) electrons. The van der Waals surface area contributed by atoms with Gasteiger partial charge in [-0.2, -0.15) is 0 Å². The smallest absolute Gasteiger partial charge is 0.0468 e. The molecular weight excluding hydrogens is 290 g/mol. The van der Waals surface area contributed by atoms with Gasteiger partial charge >= 0.3 is 0 Å². The highest BCUT2D eigenvalue weighted by molar-refractivity contribution is 9.10. The number of nitrogens with two attached hydrogens (primary N) is 1. The number of aryl methyl sites for hydroxylation is 1. The molecule has 102 valence electrons. The second kappa shape index (κ2) is 7.24. The van der Waals surface area contributed by atoms with Gasteiger partial charge in [-0.1, -0.05) is 28.1 Å². The van der Waals surface area contributed by atoms with Crippen molar-refractivity contribution < 1.29 is 0 Å². The van der Waals surface area contributed by atoms with Gasteiger partial charge in [0.2, 0.25) is 0 Å². The first-order valence-corrected chi connectivity index (χ1v) is 7.06. The highest BCUT2D eigenvalue weighted by Crippen LogP contribution is 2.23. The molecule has 18 heavy (non-hydrogen) atoms. The highest BCUT2D eigenvalue weighted by atomic mass is 79.9. The van der Waals surface area contributed by atoms with Crippen LogP contribution in [-0.4, -0.2) is 50.6 Å². The van der Waals surface area contributed by atoms with E-state index in [9.17, 15) is 0 Å². The van der Waals surface area contributed by atoms with Crippen molar-refractivity contribution in [3.63, 3.8) is 0 Å². The predicted octanol–water partition coefficient (Wildman–Crippen LogP) is 2.25. The number of hydrogen-bond donors (Lipinski definition) is 1. The van der Waals surface area contributed by atoms with Crippen molar-refractivity contribution in [2.24, 2.45) is 5.73 Å². The minimum atomic E-state index is 0.289. The Morgan fingerprint density at radius 2 is 1.89 bits per heavy atom. The van der Waals surface area contributed by atoms with Crippen LogP contribution in [0.25, 0.3) is 0 Å². The summed E-state index contributed by atoms with van der Waals surface area (Å²) in [5.74, 6) is 0. The number of likely N-dealkylation sites (N-methyl/N-ethyl adjacent to an activating group) is 2.